The van der Waals surface area contributed by atoms with Gasteiger partial charge in [0.15, 0.2) is 0 Å². The van der Waals surface area contributed by atoms with Crippen molar-refractivity contribution >= 4 is 5.97 Å². The van der Waals surface area contributed by atoms with E-state index >= 15 is 0 Å². The Morgan fingerprint density at radius 2 is 2.31 bits per heavy atom. The maximum atomic E-state index is 11.2. The van der Waals surface area contributed by atoms with E-state index in [4.69, 9.17) is 0 Å². The Labute approximate surface area is 78.5 Å². The van der Waals surface area contributed by atoms with E-state index in [1.54, 1.807) is 0 Å². The van der Waals surface area contributed by atoms with Gasteiger partial charge in [-0.25, -0.2) is 4.79 Å². The summed E-state index contributed by atoms with van der Waals surface area (Å²) in [7, 11) is 3.30. The molecule has 0 bridgehead atoms. The molecule has 0 heterocycles. The quantitative estimate of drug-likeness (QED) is 0.646. The van der Waals surface area contributed by atoms with E-state index in [0.717, 1.165) is 5.57 Å². The van der Waals surface area contributed by atoms with Gasteiger partial charge in [-0.05, 0) is 20.4 Å². The summed E-state index contributed by atoms with van der Waals surface area (Å²) in [5, 5.41) is 3.15. The number of hydrogen-bond donors (Lipinski definition) is 1. The fraction of sp³-hybridized carbons (Fsp3) is 0.500. The van der Waals surface area contributed by atoms with Crippen LogP contribution < -0.4 is 5.32 Å². The predicted molar refractivity (Wildman–Crippen MR) is 51.3 cm³/mol. The molecule has 1 unspecified atom stereocenters. The van der Waals surface area contributed by atoms with Crippen molar-refractivity contribution in [2.24, 2.45) is 0 Å². The molecule has 0 radical (unpaired) electrons. The molecule has 1 atom stereocenters. The first-order valence-corrected chi connectivity index (χ1v) is 4.32. The van der Waals surface area contributed by atoms with Crippen LogP contribution in [-0.2, 0) is 9.53 Å². The van der Waals surface area contributed by atoms with Crippen molar-refractivity contribution in [1.29, 1.82) is 0 Å². The molecule has 1 N–H and O–H groups in total. The number of likely N-dealkylation sites (N-methyl/N-ethyl adjacent to an activating group) is 1. The summed E-state index contributed by atoms with van der Waals surface area (Å²) in [6.07, 6.45) is 4.50. The molecule has 72 valence electrons. The molecule has 3 nitrogen and oxygen atoms in total. The SMILES string of the molecule is CNC1CC(C(=O)OC)=CC=C1C. The first kappa shape index (κ1) is 9.99. The summed E-state index contributed by atoms with van der Waals surface area (Å²) >= 11 is 0. The fourth-order valence-electron chi connectivity index (χ4n) is 1.41. The molecule has 0 aromatic carbocycles. The van der Waals surface area contributed by atoms with Gasteiger partial charge in [0.2, 0.25) is 0 Å². The van der Waals surface area contributed by atoms with Gasteiger partial charge in [-0.15, -0.1) is 0 Å². The molecule has 0 saturated heterocycles. The number of nitrogens with one attached hydrogen (secondary N) is 1. The van der Waals surface area contributed by atoms with Crippen molar-refractivity contribution in [1.82, 2.24) is 5.32 Å². The molecule has 1 aliphatic rings. The molecular formula is C10H15NO2. The summed E-state index contributed by atoms with van der Waals surface area (Å²) in [5.74, 6) is -0.232. The first-order valence-electron chi connectivity index (χ1n) is 4.32. The van der Waals surface area contributed by atoms with Gasteiger partial charge in [-0.2, -0.15) is 0 Å². The average Bonchev–Trinajstić information content (AvgIpc) is 2.17. The fourth-order valence-corrected chi connectivity index (χ4v) is 1.41. The lowest BCUT2D eigenvalue weighted by Crippen LogP contribution is -2.30. The van der Waals surface area contributed by atoms with Crippen molar-refractivity contribution < 1.29 is 9.53 Å². The molecule has 0 aliphatic heterocycles. The molecule has 1 rings (SSSR count). The van der Waals surface area contributed by atoms with Crippen LogP contribution in [0.4, 0.5) is 0 Å². The second kappa shape index (κ2) is 4.23. The van der Waals surface area contributed by atoms with Crippen LogP contribution in [-0.4, -0.2) is 26.2 Å². The van der Waals surface area contributed by atoms with E-state index in [9.17, 15) is 4.79 Å². The van der Waals surface area contributed by atoms with E-state index < -0.39 is 0 Å². The van der Waals surface area contributed by atoms with Gasteiger partial charge >= 0.3 is 5.97 Å². The van der Waals surface area contributed by atoms with Crippen molar-refractivity contribution in [3.8, 4) is 0 Å². The topological polar surface area (TPSA) is 38.3 Å². The van der Waals surface area contributed by atoms with E-state index in [-0.39, 0.29) is 12.0 Å². The Morgan fingerprint density at radius 1 is 1.62 bits per heavy atom. The molecule has 0 saturated carbocycles. The third-order valence-electron chi connectivity index (χ3n) is 2.32. The molecule has 0 aromatic rings. The molecular weight excluding hydrogens is 166 g/mol. The lowest BCUT2D eigenvalue weighted by Gasteiger charge is -2.21. The highest BCUT2D eigenvalue weighted by atomic mass is 16.5. The first-order chi connectivity index (χ1) is 6.19. The minimum atomic E-state index is -0.232. The number of hydrogen-bond acceptors (Lipinski definition) is 3. The Hall–Kier alpha value is -1.09. The number of esters is 1. The molecule has 13 heavy (non-hydrogen) atoms. The molecule has 0 amide bonds. The molecule has 0 spiro atoms. The number of allylic oxidation sites excluding steroid dienone is 2. The number of rotatable bonds is 2. The molecule has 3 heteroatoms. The zero-order valence-corrected chi connectivity index (χ0v) is 8.26. The van der Waals surface area contributed by atoms with Gasteiger partial charge in [-0.3, -0.25) is 0 Å². The smallest absolute Gasteiger partial charge is 0.333 e. The minimum Gasteiger partial charge on any atom is -0.466 e. The standard InChI is InChI=1S/C10H15NO2/c1-7-4-5-8(10(12)13-3)6-9(7)11-2/h4-5,9,11H,6H2,1-3H3. The maximum absolute atomic E-state index is 11.2. The summed E-state index contributed by atoms with van der Waals surface area (Å²) in [6.45, 7) is 2.05. The predicted octanol–water partition coefficient (Wildman–Crippen LogP) is 1.02. The third kappa shape index (κ3) is 2.18. The normalized spacial score (nSPS) is 21.9. The molecule has 1 aliphatic carbocycles. The number of ether oxygens (including phenoxy) is 1. The van der Waals surface area contributed by atoms with E-state index in [2.05, 4.69) is 10.1 Å². The zero-order chi connectivity index (χ0) is 9.84. The Kier molecular flexibility index (Phi) is 3.25. The van der Waals surface area contributed by atoms with Crippen LogP contribution in [0.15, 0.2) is 23.3 Å². The lowest BCUT2D eigenvalue weighted by molar-refractivity contribution is -0.136. The summed E-state index contributed by atoms with van der Waals surface area (Å²) < 4.78 is 4.65. The summed E-state index contributed by atoms with van der Waals surface area (Å²) in [5.41, 5.74) is 1.97. The van der Waals surface area contributed by atoms with Crippen molar-refractivity contribution in [2.45, 2.75) is 19.4 Å². The second-order valence-corrected chi connectivity index (χ2v) is 3.14. The van der Waals surface area contributed by atoms with E-state index in [0.29, 0.717) is 6.42 Å². The second-order valence-electron chi connectivity index (χ2n) is 3.14. The van der Waals surface area contributed by atoms with Gasteiger partial charge in [0.25, 0.3) is 0 Å². The van der Waals surface area contributed by atoms with Crippen LogP contribution in [0.3, 0.4) is 0 Å². The maximum Gasteiger partial charge on any atom is 0.333 e. The average molecular weight is 181 g/mol. The molecule has 0 aromatic heterocycles. The third-order valence-corrected chi connectivity index (χ3v) is 2.32. The van der Waals surface area contributed by atoms with Crippen molar-refractivity contribution in [3.63, 3.8) is 0 Å². The van der Waals surface area contributed by atoms with Gasteiger partial charge in [0, 0.05) is 11.6 Å². The van der Waals surface area contributed by atoms with Crippen LogP contribution in [0.2, 0.25) is 0 Å². The summed E-state index contributed by atoms with van der Waals surface area (Å²) in [6, 6.07) is 0.263. The van der Waals surface area contributed by atoms with Crippen molar-refractivity contribution in [2.75, 3.05) is 14.2 Å². The van der Waals surface area contributed by atoms with Crippen LogP contribution in [0.1, 0.15) is 13.3 Å². The highest BCUT2D eigenvalue weighted by molar-refractivity contribution is 5.89. The van der Waals surface area contributed by atoms with E-state index in [1.807, 2.05) is 26.1 Å². The number of carbonyl (C=O) groups excluding carboxylic acids is 1. The van der Waals surface area contributed by atoms with Gasteiger partial charge in [-0.1, -0.05) is 17.7 Å². The highest BCUT2D eigenvalue weighted by Gasteiger charge is 2.19. The number of methoxy groups -OCH3 is 1. The van der Waals surface area contributed by atoms with Gasteiger partial charge in [0.05, 0.1) is 7.11 Å². The summed E-state index contributed by atoms with van der Waals surface area (Å²) in [4.78, 5) is 11.2. The molecule has 0 fully saturated rings. The van der Waals surface area contributed by atoms with Crippen LogP contribution in [0, 0.1) is 0 Å². The van der Waals surface area contributed by atoms with Gasteiger partial charge < -0.3 is 10.1 Å². The Bertz CT molecular complexity index is 266. The van der Waals surface area contributed by atoms with Crippen LogP contribution in [0.5, 0.6) is 0 Å². The monoisotopic (exact) mass is 181 g/mol. The Balaban J connectivity index is 2.76. The van der Waals surface area contributed by atoms with Crippen LogP contribution in [0.25, 0.3) is 0 Å². The lowest BCUT2D eigenvalue weighted by atomic mass is 9.94. The van der Waals surface area contributed by atoms with Crippen molar-refractivity contribution in [3.05, 3.63) is 23.3 Å². The largest absolute Gasteiger partial charge is 0.466 e. The van der Waals surface area contributed by atoms with Crippen LogP contribution >= 0.6 is 0 Å². The van der Waals surface area contributed by atoms with Gasteiger partial charge in [0.1, 0.15) is 0 Å². The van der Waals surface area contributed by atoms with E-state index in [1.165, 1.54) is 12.7 Å². The Morgan fingerprint density at radius 3 is 2.85 bits per heavy atom. The minimum absolute atomic E-state index is 0.232. The highest BCUT2D eigenvalue weighted by Crippen LogP contribution is 2.19. The zero-order valence-electron chi connectivity index (χ0n) is 8.26. The number of carbonyl (C=O) groups is 1.